The summed E-state index contributed by atoms with van der Waals surface area (Å²) < 4.78 is 5.38. The van der Waals surface area contributed by atoms with E-state index >= 15 is 0 Å². The predicted molar refractivity (Wildman–Crippen MR) is 92.3 cm³/mol. The fraction of sp³-hybridized carbons (Fsp3) is 0.529. The number of halogens is 1. The van der Waals surface area contributed by atoms with E-state index in [-0.39, 0.29) is 63.4 Å². The van der Waals surface area contributed by atoms with Gasteiger partial charge in [-0.05, 0) is 39.5 Å². The summed E-state index contributed by atoms with van der Waals surface area (Å²) in [6, 6.07) is 1.68. The SMILES string of the molecule is CC(C)(C)OC(=O)N1CCC(C#Cc2nccc([S-])c2Cl)CC1.[K+]. The summed E-state index contributed by atoms with van der Waals surface area (Å²) >= 11 is 11.2. The number of carbonyl (C=O) groups is 1. The van der Waals surface area contributed by atoms with Crippen molar-refractivity contribution in [3.8, 4) is 11.8 Å². The van der Waals surface area contributed by atoms with Gasteiger partial charge in [0.25, 0.3) is 0 Å². The molecule has 0 aliphatic carbocycles. The largest absolute Gasteiger partial charge is 1.00 e. The van der Waals surface area contributed by atoms with Crippen LogP contribution < -0.4 is 51.4 Å². The van der Waals surface area contributed by atoms with E-state index in [1.54, 1.807) is 17.2 Å². The fourth-order valence-corrected chi connectivity index (χ4v) is 2.53. The van der Waals surface area contributed by atoms with Crippen molar-refractivity contribution in [3.63, 3.8) is 0 Å². The Hall–Kier alpha value is 0.126. The van der Waals surface area contributed by atoms with Gasteiger partial charge in [-0.25, -0.2) is 9.78 Å². The molecule has 0 radical (unpaired) electrons. The normalized spacial score (nSPS) is 15.1. The fourth-order valence-electron chi connectivity index (χ4n) is 2.22. The second-order valence-corrected chi connectivity index (χ2v) is 7.30. The van der Waals surface area contributed by atoms with E-state index in [9.17, 15) is 4.79 Å². The van der Waals surface area contributed by atoms with Crippen molar-refractivity contribution >= 4 is 30.3 Å². The van der Waals surface area contributed by atoms with E-state index in [1.807, 2.05) is 20.8 Å². The Bertz CT molecular complexity index is 644. The van der Waals surface area contributed by atoms with Crippen LogP contribution in [0.3, 0.4) is 0 Å². The summed E-state index contributed by atoms with van der Waals surface area (Å²) in [6.07, 6.45) is 2.99. The van der Waals surface area contributed by atoms with Crippen LogP contribution in [0.2, 0.25) is 5.02 Å². The molecule has 7 heteroatoms. The van der Waals surface area contributed by atoms with Crippen LogP contribution in [0.1, 0.15) is 39.3 Å². The first-order valence-corrected chi connectivity index (χ1v) is 8.36. The number of ether oxygens (including phenoxy) is 1. The van der Waals surface area contributed by atoms with Crippen LogP contribution in [-0.2, 0) is 17.4 Å². The van der Waals surface area contributed by atoms with Crippen LogP contribution >= 0.6 is 11.6 Å². The third-order valence-electron chi connectivity index (χ3n) is 3.40. The van der Waals surface area contributed by atoms with Crippen molar-refractivity contribution in [2.75, 3.05) is 13.1 Å². The van der Waals surface area contributed by atoms with Crippen LogP contribution in [0.15, 0.2) is 17.2 Å². The zero-order chi connectivity index (χ0) is 17.0. The number of amides is 1. The summed E-state index contributed by atoms with van der Waals surface area (Å²) in [7, 11) is 0. The van der Waals surface area contributed by atoms with Gasteiger partial charge in [-0.3, -0.25) is 0 Å². The van der Waals surface area contributed by atoms with E-state index in [0.717, 1.165) is 12.8 Å². The predicted octanol–water partition coefficient (Wildman–Crippen LogP) is 0.643. The van der Waals surface area contributed by atoms with Gasteiger partial charge in [0.1, 0.15) is 11.3 Å². The van der Waals surface area contributed by atoms with Crippen molar-refractivity contribution in [1.82, 2.24) is 9.88 Å². The van der Waals surface area contributed by atoms with E-state index in [4.69, 9.17) is 29.0 Å². The van der Waals surface area contributed by atoms with Crippen LogP contribution in [0.5, 0.6) is 0 Å². The minimum absolute atomic E-state index is 0. The quantitative estimate of drug-likeness (QED) is 0.370. The molecule has 24 heavy (non-hydrogen) atoms. The smallest absolute Gasteiger partial charge is 0.778 e. The first-order chi connectivity index (χ1) is 10.8. The Kier molecular flexibility index (Phi) is 8.98. The summed E-state index contributed by atoms with van der Waals surface area (Å²) in [5.74, 6) is 6.43. The number of piperidine rings is 1. The maximum Gasteiger partial charge on any atom is 1.00 e. The minimum Gasteiger partial charge on any atom is -0.778 e. The number of rotatable bonds is 0. The monoisotopic (exact) mass is 390 g/mol. The number of hydrogen-bond donors (Lipinski definition) is 0. The van der Waals surface area contributed by atoms with Crippen LogP contribution in [0.4, 0.5) is 4.79 Å². The molecule has 1 fully saturated rings. The Morgan fingerprint density at radius 2 is 2.04 bits per heavy atom. The van der Waals surface area contributed by atoms with Gasteiger partial charge in [0.2, 0.25) is 0 Å². The number of nitrogens with zero attached hydrogens (tertiary/aromatic N) is 2. The number of pyridine rings is 1. The molecule has 1 aromatic rings. The summed E-state index contributed by atoms with van der Waals surface area (Å²) in [4.78, 5) is 18.5. The molecule has 2 rings (SSSR count). The molecule has 0 spiro atoms. The Balaban J connectivity index is 0.00000288. The molecule has 0 N–H and O–H groups in total. The molecule has 124 valence electrons. The van der Waals surface area contributed by atoms with Gasteiger partial charge in [-0.15, -0.1) is 0 Å². The summed E-state index contributed by atoms with van der Waals surface area (Å²) in [5, 5.41) is 0.432. The minimum atomic E-state index is -0.467. The van der Waals surface area contributed by atoms with E-state index in [1.165, 1.54) is 0 Å². The molecule has 1 amide bonds. The van der Waals surface area contributed by atoms with Crippen molar-refractivity contribution in [2.24, 2.45) is 5.92 Å². The van der Waals surface area contributed by atoms with Gasteiger partial charge in [0.05, 0.1) is 5.02 Å². The molecule has 1 aliphatic rings. The number of carbonyl (C=O) groups excluding carboxylic acids is 1. The van der Waals surface area contributed by atoms with Crippen LogP contribution in [0, 0.1) is 17.8 Å². The zero-order valence-electron chi connectivity index (χ0n) is 14.6. The van der Waals surface area contributed by atoms with Crippen molar-refractivity contribution in [2.45, 2.75) is 44.1 Å². The average molecular weight is 391 g/mol. The summed E-state index contributed by atoms with van der Waals surface area (Å²) in [6.45, 7) is 6.90. The topological polar surface area (TPSA) is 42.4 Å². The van der Waals surface area contributed by atoms with Crippen LogP contribution in [-0.4, -0.2) is 34.7 Å². The molecule has 0 saturated carbocycles. The van der Waals surface area contributed by atoms with Gasteiger partial charge >= 0.3 is 57.5 Å². The van der Waals surface area contributed by atoms with Gasteiger partial charge in [-0.2, -0.15) is 4.90 Å². The third-order valence-corrected chi connectivity index (χ3v) is 4.23. The molecular weight excluding hydrogens is 371 g/mol. The Morgan fingerprint density at radius 1 is 1.42 bits per heavy atom. The molecule has 1 saturated heterocycles. The molecule has 0 unspecified atom stereocenters. The molecule has 0 aromatic carbocycles. The summed E-state index contributed by atoms with van der Waals surface area (Å²) in [5.41, 5.74) is 0.0551. The molecule has 0 atom stereocenters. The van der Waals surface area contributed by atoms with Crippen LogP contribution in [0.25, 0.3) is 0 Å². The standard InChI is InChI=1S/C17H21ClN2O2S.K/c1-17(2,3)22-16(21)20-10-7-12(8-11-20)4-5-13-15(18)14(23)6-9-19-13;/h6,9,12H,7-8,10-11H2,1-3H3,(H,19,23);/q;+1/p-1. The number of hydrogen-bond acceptors (Lipinski definition) is 4. The van der Waals surface area contributed by atoms with Gasteiger partial charge in [-0.1, -0.05) is 23.6 Å². The molecule has 4 nitrogen and oxygen atoms in total. The molecule has 0 bridgehead atoms. The number of likely N-dealkylation sites (tertiary alicyclic amines) is 1. The number of aromatic nitrogens is 1. The molecule has 1 aromatic heterocycles. The molecule has 1 aliphatic heterocycles. The van der Waals surface area contributed by atoms with Crippen molar-refractivity contribution in [3.05, 3.63) is 23.0 Å². The third kappa shape index (κ3) is 6.79. The van der Waals surface area contributed by atoms with Gasteiger partial charge in [0.15, 0.2) is 0 Å². The molecular formula is C17H20ClKN2O2S. The van der Waals surface area contributed by atoms with E-state index < -0.39 is 5.60 Å². The maximum atomic E-state index is 12.0. The average Bonchev–Trinajstić information content (AvgIpc) is 2.47. The van der Waals surface area contributed by atoms with E-state index in [0.29, 0.717) is 28.7 Å². The van der Waals surface area contributed by atoms with Crippen molar-refractivity contribution < 1.29 is 60.9 Å². The second kappa shape index (κ2) is 9.72. The van der Waals surface area contributed by atoms with Gasteiger partial charge < -0.3 is 22.3 Å². The first-order valence-electron chi connectivity index (χ1n) is 7.57. The van der Waals surface area contributed by atoms with Gasteiger partial charge in [0, 0.05) is 25.2 Å². The second-order valence-electron chi connectivity index (χ2n) is 6.48. The zero-order valence-corrected chi connectivity index (χ0v) is 19.3. The maximum absolute atomic E-state index is 12.0. The Labute approximate surface area is 196 Å². The molecule has 2 heterocycles. The van der Waals surface area contributed by atoms with E-state index in [2.05, 4.69) is 16.8 Å². The van der Waals surface area contributed by atoms with Crippen molar-refractivity contribution in [1.29, 1.82) is 0 Å². The Morgan fingerprint density at radius 3 is 2.62 bits per heavy atom. The first kappa shape index (κ1) is 22.2.